The van der Waals surface area contributed by atoms with E-state index in [2.05, 4.69) is 0 Å². The van der Waals surface area contributed by atoms with Crippen molar-refractivity contribution in [2.45, 2.75) is 39.4 Å². The van der Waals surface area contributed by atoms with E-state index >= 15 is 0 Å². The van der Waals surface area contributed by atoms with Crippen LogP contribution in [0.25, 0.3) is 0 Å². The molecule has 1 aromatic rings. The second-order valence-electron chi connectivity index (χ2n) is 5.31. The van der Waals surface area contributed by atoms with E-state index in [1.807, 2.05) is 49.9 Å². The fourth-order valence-corrected chi connectivity index (χ4v) is 2.54. The average molecular weight is 277 g/mol. The molecule has 4 nitrogen and oxygen atoms in total. The maximum atomic E-state index is 12.3. The molecule has 2 rings (SSSR count). The number of ether oxygens (including phenoxy) is 2. The molecule has 110 valence electrons. The van der Waals surface area contributed by atoms with Gasteiger partial charge in [-0.15, -0.1) is 0 Å². The zero-order valence-corrected chi connectivity index (χ0v) is 12.5. The van der Waals surface area contributed by atoms with Gasteiger partial charge >= 0.3 is 0 Å². The Kier molecular flexibility index (Phi) is 5.01. The minimum Gasteiger partial charge on any atom is -0.494 e. The number of hydrogen-bond donors (Lipinski definition) is 0. The van der Waals surface area contributed by atoms with Gasteiger partial charge in [0.1, 0.15) is 5.75 Å². The third-order valence-corrected chi connectivity index (χ3v) is 3.36. The number of rotatable bonds is 4. The fourth-order valence-electron chi connectivity index (χ4n) is 2.54. The summed E-state index contributed by atoms with van der Waals surface area (Å²) >= 11 is 0. The van der Waals surface area contributed by atoms with Crippen molar-refractivity contribution in [2.24, 2.45) is 0 Å². The van der Waals surface area contributed by atoms with Crippen LogP contribution in [-0.2, 0) is 16.0 Å². The predicted molar refractivity (Wildman–Crippen MR) is 77.9 cm³/mol. The standard InChI is InChI=1S/C16H23NO3/c1-4-19-15-7-5-14(6-8-15)9-16(18)17-10-12(2)20-13(3)11-17/h5-8,12-13H,4,9-11H2,1-3H3. The average Bonchev–Trinajstić information content (AvgIpc) is 2.40. The smallest absolute Gasteiger partial charge is 0.227 e. The van der Waals surface area contributed by atoms with Crippen LogP contribution in [0.1, 0.15) is 26.3 Å². The molecule has 0 aromatic heterocycles. The summed E-state index contributed by atoms with van der Waals surface area (Å²) in [4.78, 5) is 14.2. The molecule has 2 atom stereocenters. The van der Waals surface area contributed by atoms with E-state index in [0.717, 1.165) is 11.3 Å². The molecular formula is C16H23NO3. The molecule has 1 amide bonds. The van der Waals surface area contributed by atoms with Gasteiger partial charge in [-0.1, -0.05) is 12.1 Å². The van der Waals surface area contributed by atoms with Crippen molar-refractivity contribution < 1.29 is 14.3 Å². The van der Waals surface area contributed by atoms with Gasteiger partial charge in [0.05, 0.1) is 25.2 Å². The zero-order valence-electron chi connectivity index (χ0n) is 12.5. The summed E-state index contributed by atoms with van der Waals surface area (Å²) in [6.07, 6.45) is 0.664. The first-order chi connectivity index (χ1) is 9.58. The molecule has 4 heteroatoms. The molecular weight excluding hydrogens is 254 g/mol. The largest absolute Gasteiger partial charge is 0.494 e. The van der Waals surface area contributed by atoms with Crippen molar-refractivity contribution in [1.82, 2.24) is 4.90 Å². The number of nitrogens with zero attached hydrogens (tertiary/aromatic N) is 1. The van der Waals surface area contributed by atoms with Gasteiger partial charge in [-0.2, -0.15) is 0 Å². The molecule has 2 unspecified atom stereocenters. The minimum atomic E-state index is 0.114. The van der Waals surface area contributed by atoms with Gasteiger partial charge in [0.15, 0.2) is 0 Å². The van der Waals surface area contributed by atoms with Crippen LogP contribution in [0.15, 0.2) is 24.3 Å². The van der Waals surface area contributed by atoms with Gasteiger partial charge in [-0.25, -0.2) is 0 Å². The highest BCUT2D eigenvalue weighted by molar-refractivity contribution is 5.79. The van der Waals surface area contributed by atoms with Gasteiger partial charge in [-0.05, 0) is 38.5 Å². The van der Waals surface area contributed by atoms with E-state index in [9.17, 15) is 4.79 Å². The second kappa shape index (κ2) is 6.75. The highest BCUT2D eigenvalue weighted by Gasteiger charge is 2.25. The summed E-state index contributed by atoms with van der Waals surface area (Å²) in [5.41, 5.74) is 1.02. The lowest BCUT2D eigenvalue weighted by Gasteiger charge is -2.35. The Hall–Kier alpha value is -1.55. The van der Waals surface area contributed by atoms with Crippen LogP contribution >= 0.6 is 0 Å². The normalized spacial score (nSPS) is 22.6. The second-order valence-corrected chi connectivity index (χ2v) is 5.31. The number of carbonyl (C=O) groups excluding carboxylic acids is 1. The zero-order chi connectivity index (χ0) is 14.5. The first kappa shape index (κ1) is 14.9. The van der Waals surface area contributed by atoms with Gasteiger partial charge in [0.25, 0.3) is 0 Å². The maximum absolute atomic E-state index is 12.3. The monoisotopic (exact) mass is 277 g/mol. The number of hydrogen-bond acceptors (Lipinski definition) is 3. The van der Waals surface area contributed by atoms with Gasteiger partial charge < -0.3 is 14.4 Å². The van der Waals surface area contributed by atoms with E-state index in [-0.39, 0.29) is 18.1 Å². The quantitative estimate of drug-likeness (QED) is 0.847. The Bertz CT molecular complexity index is 434. The van der Waals surface area contributed by atoms with Crippen LogP contribution in [0, 0.1) is 0 Å². The summed E-state index contributed by atoms with van der Waals surface area (Å²) in [6.45, 7) is 7.99. The number of carbonyl (C=O) groups is 1. The van der Waals surface area contributed by atoms with Crippen molar-refractivity contribution in [3.05, 3.63) is 29.8 Å². The Labute approximate surface area is 120 Å². The molecule has 0 saturated carbocycles. The Balaban J connectivity index is 1.93. The van der Waals surface area contributed by atoms with Gasteiger partial charge in [-0.3, -0.25) is 4.79 Å². The molecule has 0 bridgehead atoms. The molecule has 1 aliphatic heterocycles. The number of amides is 1. The summed E-state index contributed by atoms with van der Waals surface area (Å²) < 4.78 is 11.0. The number of benzene rings is 1. The first-order valence-corrected chi connectivity index (χ1v) is 7.23. The highest BCUT2D eigenvalue weighted by atomic mass is 16.5. The number of morpholine rings is 1. The van der Waals surface area contributed by atoms with Crippen LogP contribution in [0.5, 0.6) is 5.75 Å². The van der Waals surface area contributed by atoms with Gasteiger partial charge in [0.2, 0.25) is 5.91 Å². The van der Waals surface area contributed by atoms with E-state index in [0.29, 0.717) is 26.1 Å². The third kappa shape index (κ3) is 3.97. The van der Waals surface area contributed by atoms with E-state index in [4.69, 9.17) is 9.47 Å². The lowest BCUT2D eigenvalue weighted by atomic mass is 10.1. The third-order valence-electron chi connectivity index (χ3n) is 3.36. The Morgan fingerprint density at radius 2 is 1.85 bits per heavy atom. The van der Waals surface area contributed by atoms with E-state index in [1.165, 1.54) is 0 Å². The van der Waals surface area contributed by atoms with Crippen LogP contribution in [0.2, 0.25) is 0 Å². The molecule has 0 aliphatic carbocycles. The molecule has 1 aliphatic rings. The van der Waals surface area contributed by atoms with Crippen molar-refractivity contribution in [1.29, 1.82) is 0 Å². The van der Waals surface area contributed by atoms with Crippen LogP contribution in [0.3, 0.4) is 0 Å². The summed E-state index contributed by atoms with van der Waals surface area (Å²) in [7, 11) is 0. The van der Waals surface area contributed by atoms with Gasteiger partial charge in [0, 0.05) is 13.1 Å². The van der Waals surface area contributed by atoms with Crippen LogP contribution in [0.4, 0.5) is 0 Å². The minimum absolute atomic E-state index is 0.114. The van der Waals surface area contributed by atoms with E-state index in [1.54, 1.807) is 0 Å². The molecule has 0 N–H and O–H groups in total. The first-order valence-electron chi connectivity index (χ1n) is 7.23. The van der Waals surface area contributed by atoms with Crippen molar-refractivity contribution >= 4 is 5.91 Å². The van der Waals surface area contributed by atoms with E-state index < -0.39 is 0 Å². The SMILES string of the molecule is CCOc1ccc(CC(=O)N2CC(C)OC(C)C2)cc1. The molecule has 1 aromatic carbocycles. The topological polar surface area (TPSA) is 38.8 Å². The molecule has 1 fully saturated rings. The lowest BCUT2D eigenvalue weighted by molar-refractivity contribution is -0.142. The van der Waals surface area contributed by atoms with Crippen LogP contribution < -0.4 is 4.74 Å². The van der Waals surface area contributed by atoms with Crippen LogP contribution in [-0.4, -0.2) is 42.7 Å². The molecule has 1 saturated heterocycles. The van der Waals surface area contributed by atoms with Crippen molar-refractivity contribution in [3.8, 4) is 5.75 Å². The predicted octanol–water partition coefficient (Wildman–Crippen LogP) is 2.26. The molecule has 0 radical (unpaired) electrons. The summed E-state index contributed by atoms with van der Waals surface area (Å²) in [5, 5.41) is 0. The van der Waals surface area contributed by atoms with Crippen molar-refractivity contribution in [3.63, 3.8) is 0 Å². The lowest BCUT2D eigenvalue weighted by Crippen LogP contribution is -2.48. The Morgan fingerprint density at radius 1 is 1.25 bits per heavy atom. The molecule has 1 heterocycles. The highest BCUT2D eigenvalue weighted by Crippen LogP contribution is 2.15. The fraction of sp³-hybridized carbons (Fsp3) is 0.562. The molecule has 0 spiro atoms. The maximum Gasteiger partial charge on any atom is 0.227 e. The van der Waals surface area contributed by atoms with Crippen molar-refractivity contribution in [2.75, 3.05) is 19.7 Å². The summed E-state index contributed by atoms with van der Waals surface area (Å²) in [5.74, 6) is 1.01. The molecule has 20 heavy (non-hydrogen) atoms. The summed E-state index contributed by atoms with van der Waals surface area (Å²) in [6, 6.07) is 7.74. The Morgan fingerprint density at radius 3 is 2.40 bits per heavy atom.